The molecule has 0 spiro atoms. The Hall–Kier alpha value is -3.55. The van der Waals surface area contributed by atoms with Crippen LogP contribution in [0.15, 0.2) is 66.7 Å². The number of nitrogens with one attached hydrogen (secondary N) is 1. The molecule has 7 heteroatoms. The quantitative estimate of drug-likeness (QED) is 0.164. The molecule has 1 aliphatic rings. The average Bonchev–Trinajstić information content (AvgIpc) is 3.28. The molecule has 0 bridgehead atoms. The molecule has 0 saturated carbocycles. The van der Waals surface area contributed by atoms with Gasteiger partial charge in [0.15, 0.2) is 0 Å². The van der Waals surface area contributed by atoms with E-state index in [1.54, 1.807) is 6.07 Å². The fourth-order valence-electron chi connectivity index (χ4n) is 6.68. The van der Waals surface area contributed by atoms with Crippen LogP contribution in [0.4, 0.5) is 4.39 Å². The van der Waals surface area contributed by atoms with Crippen LogP contribution in [0.2, 0.25) is 0 Å². The van der Waals surface area contributed by atoms with E-state index in [9.17, 15) is 9.18 Å². The lowest BCUT2D eigenvalue weighted by atomic mass is 9.65. The molecule has 1 aliphatic carbocycles. The van der Waals surface area contributed by atoms with Gasteiger partial charge in [-0.1, -0.05) is 56.3 Å². The molecule has 4 aromatic rings. The minimum atomic E-state index is -0.668. The first-order valence-corrected chi connectivity index (χ1v) is 15.0. The van der Waals surface area contributed by atoms with Crippen molar-refractivity contribution >= 4 is 17.0 Å². The first-order chi connectivity index (χ1) is 20.3. The van der Waals surface area contributed by atoms with E-state index >= 15 is 0 Å². The molecule has 222 valence electrons. The van der Waals surface area contributed by atoms with Gasteiger partial charge in [-0.15, -0.1) is 0 Å². The molecule has 0 amide bonds. The van der Waals surface area contributed by atoms with Crippen molar-refractivity contribution < 1.29 is 18.7 Å². The van der Waals surface area contributed by atoms with Crippen LogP contribution < -0.4 is 5.32 Å². The van der Waals surface area contributed by atoms with Crippen molar-refractivity contribution in [3.8, 4) is 0 Å². The van der Waals surface area contributed by atoms with E-state index in [1.165, 1.54) is 24.3 Å². The average molecular weight is 572 g/mol. The minimum Gasteiger partial charge on any atom is -0.457 e. The zero-order chi connectivity index (χ0) is 29.7. The summed E-state index contributed by atoms with van der Waals surface area (Å²) in [6.07, 6.45) is 3.71. The highest BCUT2D eigenvalue weighted by Gasteiger charge is 2.47. The van der Waals surface area contributed by atoms with Crippen LogP contribution in [-0.2, 0) is 40.6 Å². The number of halogens is 1. The van der Waals surface area contributed by atoms with Gasteiger partial charge in [0, 0.05) is 32.9 Å². The van der Waals surface area contributed by atoms with Crippen LogP contribution in [0.3, 0.4) is 0 Å². The Balaban J connectivity index is 1.19. The molecule has 0 radical (unpaired) electrons. The minimum absolute atomic E-state index is 0.0201. The summed E-state index contributed by atoms with van der Waals surface area (Å²) in [6, 6.07) is 22.0. The van der Waals surface area contributed by atoms with Crippen LogP contribution in [-0.4, -0.2) is 47.9 Å². The van der Waals surface area contributed by atoms with Crippen LogP contribution in [0.5, 0.6) is 0 Å². The first-order valence-electron chi connectivity index (χ1n) is 15.0. The van der Waals surface area contributed by atoms with Crippen molar-refractivity contribution in [1.82, 2.24) is 14.9 Å². The molecule has 0 aliphatic heterocycles. The maximum Gasteiger partial charge on any atom is 0.332 e. The third-order valence-corrected chi connectivity index (χ3v) is 8.65. The van der Waals surface area contributed by atoms with Gasteiger partial charge in [0.1, 0.15) is 23.8 Å². The summed E-state index contributed by atoms with van der Waals surface area (Å²) < 4.78 is 27.5. The number of imidazole rings is 1. The van der Waals surface area contributed by atoms with E-state index in [1.807, 2.05) is 18.2 Å². The molecule has 1 heterocycles. The SMILES string of the molecule is COCC(=O)O[C@]1(CCNCCc2ccc(Cc3nc4ccccc4n3C)cc2)CCc2cc(F)ccc2[C@@H]1C(C)C. The number of aryl methyl sites for hydroxylation is 2. The van der Waals surface area contributed by atoms with Crippen molar-refractivity contribution in [3.63, 3.8) is 0 Å². The van der Waals surface area contributed by atoms with Gasteiger partial charge in [0.05, 0.1) is 11.0 Å². The Bertz CT molecular complexity index is 1510. The summed E-state index contributed by atoms with van der Waals surface area (Å²) in [7, 11) is 3.57. The second-order valence-corrected chi connectivity index (χ2v) is 11.9. The summed E-state index contributed by atoms with van der Waals surface area (Å²) in [5, 5.41) is 3.58. The fraction of sp³-hybridized carbons (Fsp3) is 0.429. The molecule has 42 heavy (non-hydrogen) atoms. The van der Waals surface area contributed by atoms with Crippen LogP contribution in [0.25, 0.3) is 11.0 Å². The Kier molecular flexibility index (Phi) is 9.39. The van der Waals surface area contributed by atoms with Crippen molar-refractivity contribution in [2.45, 2.75) is 57.5 Å². The van der Waals surface area contributed by atoms with Gasteiger partial charge in [-0.05, 0) is 84.8 Å². The number of methoxy groups -OCH3 is 1. The zero-order valence-corrected chi connectivity index (χ0v) is 25.2. The number of hydrogen-bond acceptors (Lipinski definition) is 5. The van der Waals surface area contributed by atoms with Gasteiger partial charge in [0.25, 0.3) is 0 Å². The highest BCUT2D eigenvalue weighted by atomic mass is 19.1. The van der Waals surface area contributed by atoms with Crippen LogP contribution >= 0.6 is 0 Å². The molecule has 5 rings (SSSR count). The lowest BCUT2D eigenvalue weighted by Gasteiger charge is -2.46. The maximum absolute atomic E-state index is 14.0. The predicted octanol–water partition coefficient (Wildman–Crippen LogP) is 6.14. The Labute approximate surface area is 248 Å². The van der Waals surface area contributed by atoms with Gasteiger partial charge in [-0.3, -0.25) is 0 Å². The Morgan fingerprint density at radius 3 is 2.60 bits per heavy atom. The number of nitrogens with zero attached hydrogens (tertiary/aromatic N) is 2. The molecule has 1 N–H and O–H groups in total. The number of benzene rings is 3. The normalized spacial score (nSPS) is 18.4. The molecular weight excluding hydrogens is 529 g/mol. The van der Waals surface area contributed by atoms with Crippen LogP contribution in [0, 0.1) is 11.7 Å². The largest absolute Gasteiger partial charge is 0.457 e. The number of hydrogen-bond donors (Lipinski definition) is 1. The zero-order valence-electron chi connectivity index (χ0n) is 25.2. The van der Waals surface area contributed by atoms with E-state index in [-0.39, 0.29) is 30.2 Å². The summed E-state index contributed by atoms with van der Waals surface area (Å²) in [5.74, 6) is 0.675. The van der Waals surface area contributed by atoms with Gasteiger partial charge in [-0.2, -0.15) is 0 Å². The molecule has 6 nitrogen and oxygen atoms in total. The van der Waals surface area contributed by atoms with E-state index in [4.69, 9.17) is 14.5 Å². The standard InChI is InChI=1S/C35H42FN3O3/c1-24(2)34-29-14-13-28(36)22-27(29)15-17-35(34,42-33(40)23-41-4)18-20-37-19-16-25-9-11-26(12-10-25)21-32-38-30-7-5-6-8-31(30)39(32)3/h5-14,22,24,34,37H,15-21,23H2,1-4H3/t34-,35-/m0/s1. The predicted molar refractivity (Wildman–Crippen MR) is 164 cm³/mol. The molecule has 0 saturated heterocycles. The van der Waals surface area contributed by atoms with Gasteiger partial charge in [-0.25, -0.2) is 14.2 Å². The molecule has 0 unspecified atom stereocenters. The van der Waals surface area contributed by atoms with E-state index in [0.717, 1.165) is 47.4 Å². The number of ether oxygens (including phenoxy) is 2. The van der Waals surface area contributed by atoms with E-state index in [2.05, 4.69) is 67.2 Å². The summed E-state index contributed by atoms with van der Waals surface area (Å²) in [4.78, 5) is 17.5. The van der Waals surface area contributed by atoms with Gasteiger partial charge >= 0.3 is 5.97 Å². The highest BCUT2D eigenvalue weighted by Crippen LogP contribution is 2.48. The third-order valence-electron chi connectivity index (χ3n) is 8.65. The fourth-order valence-corrected chi connectivity index (χ4v) is 6.68. The van der Waals surface area contributed by atoms with Crippen molar-refractivity contribution in [2.24, 2.45) is 13.0 Å². The second-order valence-electron chi connectivity index (χ2n) is 11.9. The highest BCUT2D eigenvalue weighted by molar-refractivity contribution is 5.75. The molecule has 3 aromatic carbocycles. The molecule has 0 fully saturated rings. The van der Waals surface area contributed by atoms with Gasteiger partial charge < -0.3 is 19.4 Å². The molecular formula is C35H42FN3O3. The van der Waals surface area contributed by atoms with Crippen LogP contribution in [0.1, 0.15) is 60.7 Å². The lowest BCUT2D eigenvalue weighted by Crippen LogP contribution is -2.49. The maximum atomic E-state index is 14.0. The number of aromatic nitrogens is 2. The third kappa shape index (κ3) is 6.58. The summed E-state index contributed by atoms with van der Waals surface area (Å²) in [6.45, 7) is 5.75. The Morgan fingerprint density at radius 1 is 1.10 bits per heavy atom. The number of carbonyl (C=O) groups is 1. The second kappa shape index (κ2) is 13.2. The number of para-hydroxylation sites is 2. The summed E-state index contributed by atoms with van der Waals surface area (Å²) >= 11 is 0. The number of fused-ring (bicyclic) bond motifs is 2. The molecule has 1 aromatic heterocycles. The first kappa shape index (κ1) is 29.9. The molecule has 2 atom stereocenters. The number of rotatable bonds is 12. The van der Waals surface area contributed by atoms with E-state index in [0.29, 0.717) is 25.8 Å². The number of carbonyl (C=O) groups excluding carboxylic acids is 1. The monoisotopic (exact) mass is 571 g/mol. The smallest absolute Gasteiger partial charge is 0.332 e. The summed E-state index contributed by atoms with van der Waals surface area (Å²) in [5.41, 5.74) is 6.11. The Morgan fingerprint density at radius 2 is 1.86 bits per heavy atom. The topological polar surface area (TPSA) is 65.4 Å². The lowest BCUT2D eigenvalue weighted by molar-refractivity contribution is -0.171. The van der Waals surface area contributed by atoms with Crippen molar-refractivity contribution in [1.29, 1.82) is 0 Å². The van der Waals surface area contributed by atoms with Gasteiger partial charge in [0.2, 0.25) is 0 Å². The van der Waals surface area contributed by atoms with Crippen molar-refractivity contribution in [3.05, 3.63) is 101 Å². The van der Waals surface area contributed by atoms with E-state index < -0.39 is 5.60 Å². The van der Waals surface area contributed by atoms with Crippen molar-refractivity contribution in [2.75, 3.05) is 26.8 Å². The number of esters is 1.